The van der Waals surface area contributed by atoms with Gasteiger partial charge in [-0.15, -0.1) is 0 Å². The highest BCUT2D eigenvalue weighted by Gasteiger charge is 2.38. The molecular formula is C11H12O4. The Bertz CT molecular complexity index is 371. The summed E-state index contributed by atoms with van der Waals surface area (Å²) in [6, 6.07) is 8.37. The van der Waals surface area contributed by atoms with Crippen LogP contribution in [0.1, 0.15) is 19.4 Å². The Morgan fingerprint density at radius 2 is 1.80 bits per heavy atom. The first-order valence-electron chi connectivity index (χ1n) is 4.45. The van der Waals surface area contributed by atoms with Crippen LogP contribution in [-0.2, 0) is 19.9 Å². The monoisotopic (exact) mass is 208 g/mol. The van der Waals surface area contributed by atoms with Gasteiger partial charge in [0.15, 0.2) is 0 Å². The average molecular weight is 208 g/mol. The summed E-state index contributed by atoms with van der Waals surface area (Å²) in [6.07, 6.45) is 0. The van der Waals surface area contributed by atoms with Crippen LogP contribution in [0.25, 0.3) is 0 Å². The van der Waals surface area contributed by atoms with Crippen LogP contribution in [0.3, 0.4) is 0 Å². The fraction of sp³-hybridized carbons (Fsp3) is 0.273. The maximum atomic E-state index is 11.1. The molecule has 0 aliphatic heterocycles. The lowest BCUT2D eigenvalue weighted by atomic mass is 9.96. The Hall–Kier alpha value is -1.84. The van der Waals surface area contributed by atoms with Crippen molar-refractivity contribution in [1.29, 1.82) is 0 Å². The fourth-order valence-corrected chi connectivity index (χ4v) is 1.27. The van der Waals surface area contributed by atoms with Gasteiger partial charge in [0.05, 0.1) is 0 Å². The summed E-state index contributed by atoms with van der Waals surface area (Å²) in [5.41, 5.74) is -1.18. The molecule has 1 rings (SSSR count). The van der Waals surface area contributed by atoms with Crippen molar-refractivity contribution in [2.24, 2.45) is 0 Å². The number of carboxylic acid groups (broad SMARTS) is 1. The van der Waals surface area contributed by atoms with E-state index in [0.29, 0.717) is 5.56 Å². The predicted molar refractivity (Wildman–Crippen MR) is 53.2 cm³/mol. The SMILES string of the molecule is CC(=O)O[C@](C)(C(=O)O)c1ccccc1. The van der Waals surface area contributed by atoms with E-state index in [2.05, 4.69) is 0 Å². The van der Waals surface area contributed by atoms with Crippen molar-refractivity contribution in [2.75, 3.05) is 0 Å². The molecule has 0 fully saturated rings. The van der Waals surface area contributed by atoms with Crippen LogP contribution in [0.4, 0.5) is 0 Å². The van der Waals surface area contributed by atoms with Crippen LogP contribution >= 0.6 is 0 Å². The van der Waals surface area contributed by atoms with Crippen LogP contribution in [-0.4, -0.2) is 17.0 Å². The van der Waals surface area contributed by atoms with E-state index >= 15 is 0 Å². The van der Waals surface area contributed by atoms with Gasteiger partial charge in [-0.1, -0.05) is 30.3 Å². The number of benzene rings is 1. The average Bonchev–Trinajstić information content (AvgIpc) is 2.17. The van der Waals surface area contributed by atoms with Gasteiger partial charge in [0.1, 0.15) is 0 Å². The molecule has 0 saturated carbocycles. The standard InChI is InChI=1S/C11H12O4/c1-8(12)15-11(2,10(13)14)9-6-4-3-5-7-9/h3-7H,1-2H3,(H,13,14)/t11-/m0/s1. The summed E-state index contributed by atoms with van der Waals surface area (Å²) >= 11 is 0. The minimum Gasteiger partial charge on any atom is -0.478 e. The molecule has 1 N–H and O–H groups in total. The first-order chi connectivity index (χ1) is 6.97. The lowest BCUT2D eigenvalue weighted by molar-refractivity contribution is -0.176. The smallest absolute Gasteiger partial charge is 0.352 e. The van der Waals surface area contributed by atoms with E-state index in [0.717, 1.165) is 0 Å². The topological polar surface area (TPSA) is 63.6 Å². The van der Waals surface area contributed by atoms with Crippen LogP contribution in [0.2, 0.25) is 0 Å². The third-order valence-electron chi connectivity index (χ3n) is 2.08. The summed E-state index contributed by atoms with van der Waals surface area (Å²) in [7, 11) is 0. The van der Waals surface area contributed by atoms with Crippen molar-refractivity contribution in [3.63, 3.8) is 0 Å². The molecule has 0 aliphatic rings. The highest BCUT2D eigenvalue weighted by atomic mass is 16.6. The fourth-order valence-electron chi connectivity index (χ4n) is 1.27. The zero-order valence-corrected chi connectivity index (χ0v) is 8.56. The molecule has 1 aromatic carbocycles. The lowest BCUT2D eigenvalue weighted by Gasteiger charge is -2.24. The van der Waals surface area contributed by atoms with E-state index in [9.17, 15) is 9.59 Å². The van der Waals surface area contributed by atoms with Crippen molar-refractivity contribution in [2.45, 2.75) is 19.4 Å². The molecule has 4 nitrogen and oxygen atoms in total. The van der Waals surface area contributed by atoms with E-state index in [-0.39, 0.29) is 0 Å². The Kier molecular flexibility index (Phi) is 3.09. The van der Waals surface area contributed by atoms with Gasteiger partial charge >= 0.3 is 11.9 Å². The normalized spacial score (nSPS) is 14.0. The van der Waals surface area contributed by atoms with Gasteiger partial charge in [-0.2, -0.15) is 0 Å². The Morgan fingerprint density at radius 1 is 1.27 bits per heavy atom. The molecule has 0 saturated heterocycles. The molecule has 15 heavy (non-hydrogen) atoms. The van der Waals surface area contributed by atoms with Gasteiger partial charge in [-0.3, -0.25) is 4.79 Å². The minimum absolute atomic E-state index is 0.438. The quantitative estimate of drug-likeness (QED) is 0.765. The second-order valence-electron chi connectivity index (χ2n) is 3.30. The van der Waals surface area contributed by atoms with Crippen molar-refractivity contribution in [3.8, 4) is 0 Å². The van der Waals surface area contributed by atoms with Crippen molar-refractivity contribution in [3.05, 3.63) is 35.9 Å². The Labute approximate surface area is 87.5 Å². The molecule has 1 atom stereocenters. The summed E-state index contributed by atoms with van der Waals surface area (Å²) in [6.45, 7) is 2.54. The van der Waals surface area contributed by atoms with Gasteiger partial charge in [-0.25, -0.2) is 4.79 Å². The van der Waals surface area contributed by atoms with E-state index in [1.54, 1.807) is 30.3 Å². The first kappa shape index (κ1) is 11.2. The maximum Gasteiger partial charge on any atom is 0.352 e. The van der Waals surface area contributed by atoms with E-state index in [1.165, 1.54) is 13.8 Å². The summed E-state index contributed by atoms with van der Waals surface area (Å²) in [5.74, 6) is -1.81. The minimum atomic E-state index is -1.62. The molecule has 0 spiro atoms. The zero-order valence-electron chi connectivity index (χ0n) is 8.56. The van der Waals surface area contributed by atoms with E-state index in [1.807, 2.05) is 0 Å². The van der Waals surface area contributed by atoms with E-state index < -0.39 is 17.5 Å². The lowest BCUT2D eigenvalue weighted by Crippen LogP contribution is -2.37. The first-order valence-corrected chi connectivity index (χ1v) is 4.45. The molecule has 0 unspecified atom stereocenters. The van der Waals surface area contributed by atoms with Gasteiger partial charge in [-0.05, 0) is 6.92 Å². The maximum absolute atomic E-state index is 11.1. The molecule has 1 aromatic rings. The number of rotatable bonds is 3. The molecule has 4 heteroatoms. The second-order valence-corrected chi connectivity index (χ2v) is 3.30. The third-order valence-corrected chi connectivity index (χ3v) is 2.08. The molecule has 0 bridgehead atoms. The van der Waals surface area contributed by atoms with Crippen molar-refractivity contribution >= 4 is 11.9 Å². The number of carboxylic acids is 1. The highest BCUT2D eigenvalue weighted by Crippen LogP contribution is 2.25. The van der Waals surface area contributed by atoms with Gasteiger partial charge in [0.2, 0.25) is 5.60 Å². The van der Waals surface area contributed by atoms with Crippen molar-refractivity contribution < 1.29 is 19.4 Å². The molecule has 0 aromatic heterocycles. The molecule has 80 valence electrons. The number of esters is 1. The van der Waals surface area contributed by atoms with Crippen LogP contribution in [0.5, 0.6) is 0 Å². The molecule has 0 amide bonds. The third kappa shape index (κ3) is 2.34. The molecule has 0 heterocycles. The molecule has 0 radical (unpaired) electrons. The largest absolute Gasteiger partial charge is 0.478 e. The second kappa shape index (κ2) is 4.13. The highest BCUT2D eigenvalue weighted by molar-refractivity contribution is 5.82. The summed E-state index contributed by atoms with van der Waals surface area (Å²) in [4.78, 5) is 21.9. The molecular weight excluding hydrogens is 196 g/mol. The van der Waals surface area contributed by atoms with E-state index in [4.69, 9.17) is 9.84 Å². The summed E-state index contributed by atoms with van der Waals surface area (Å²) < 4.78 is 4.85. The van der Waals surface area contributed by atoms with Crippen LogP contribution < -0.4 is 0 Å². The number of carbonyl (C=O) groups is 2. The number of carbonyl (C=O) groups excluding carboxylic acids is 1. The molecule has 0 aliphatic carbocycles. The van der Waals surface area contributed by atoms with Gasteiger partial charge in [0.25, 0.3) is 0 Å². The Morgan fingerprint density at radius 3 is 2.20 bits per heavy atom. The van der Waals surface area contributed by atoms with Gasteiger partial charge in [0, 0.05) is 12.5 Å². The summed E-state index contributed by atoms with van der Waals surface area (Å²) in [5, 5.41) is 9.06. The number of aliphatic carboxylic acids is 1. The Balaban J connectivity index is 3.13. The van der Waals surface area contributed by atoms with Crippen LogP contribution in [0, 0.1) is 0 Å². The number of hydrogen-bond acceptors (Lipinski definition) is 3. The number of ether oxygens (including phenoxy) is 1. The van der Waals surface area contributed by atoms with Crippen LogP contribution in [0.15, 0.2) is 30.3 Å². The van der Waals surface area contributed by atoms with Crippen molar-refractivity contribution in [1.82, 2.24) is 0 Å². The zero-order chi connectivity index (χ0) is 11.5. The predicted octanol–water partition coefficient (Wildman–Crippen LogP) is 1.55. The number of hydrogen-bond donors (Lipinski definition) is 1. The van der Waals surface area contributed by atoms with Gasteiger partial charge < -0.3 is 9.84 Å².